The Morgan fingerprint density at radius 1 is 0.622 bits per heavy atom. The van der Waals surface area contributed by atoms with Crippen LogP contribution in [0.2, 0.25) is 0 Å². The molecule has 0 aliphatic carbocycles. The Hall–Kier alpha value is -4.73. The maximum Gasteiger partial charge on any atom is 0.432 e. The third kappa shape index (κ3) is 7.00. The lowest BCUT2D eigenvalue weighted by Crippen LogP contribution is -2.25. The fraction of sp³-hybridized carbons (Fsp3) is 0.171. The van der Waals surface area contributed by atoms with Gasteiger partial charge in [0, 0.05) is 29.5 Å². The zero-order valence-corrected chi connectivity index (χ0v) is 23.8. The van der Waals surface area contributed by atoms with Crippen molar-refractivity contribution in [2.75, 3.05) is 0 Å². The molecular formula is C35H25F8NO. The Kier molecular flexibility index (Phi) is 9.22. The molecule has 0 N–H and O–H groups in total. The summed E-state index contributed by atoms with van der Waals surface area (Å²) in [7, 11) is 0. The predicted octanol–water partition coefficient (Wildman–Crippen LogP) is 10.8. The molecule has 232 valence electrons. The highest BCUT2D eigenvalue weighted by molar-refractivity contribution is 5.73. The van der Waals surface area contributed by atoms with Crippen molar-refractivity contribution in [3.63, 3.8) is 0 Å². The van der Waals surface area contributed by atoms with Crippen LogP contribution in [-0.4, -0.2) is 4.98 Å². The van der Waals surface area contributed by atoms with E-state index in [2.05, 4.69) is 16.6 Å². The maximum absolute atomic E-state index is 15.2. The highest BCUT2D eigenvalue weighted by atomic mass is 19.3. The van der Waals surface area contributed by atoms with Gasteiger partial charge in [-0.25, -0.2) is 26.3 Å². The summed E-state index contributed by atoms with van der Waals surface area (Å²) in [5.74, 6) is -11.3. The second kappa shape index (κ2) is 13.1. The van der Waals surface area contributed by atoms with E-state index in [9.17, 15) is 30.7 Å². The molecule has 0 amide bonds. The number of pyridine rings is 1. The Morgan fingerprint density at radius 2 is 1.22 bits per heavy atom. The Balaban J connectivity index is 1.34. The van der Waals surface area contributed by atoms with Crippen molar-refractivity contribution in [1.29, 1.82) is 0 Å². The Labute approximate surface area is 254 Å². The third-order valence-corrected chi connectivity index (χ3v) is 7.22. The first-order valence-corrected chi connectivity index (χ1v) is 14.0. The van der Waals surface area contributed by atoms with E-state index in [1.165, 1.54) is 12.1 Å². The molecule has 2 nitrogen and oxygen atoms in total. The number of unbranched alkanes of at least 4 members (excludes halogenated alkanes) is 2. The van der Waals surface area contributed by atoms with E-state index >= 15 is 4.39 Å². The predicted molar refractivity (Wildman–Crippen MR) is 154 cm³/mol. The molecule has 0 aliphatic rings. The molecule has 10 heteroatoms. The zero-order valence-electron chi connectivity index (χ0n) is 23.8. The van der Waals surface area contributed by atoms with E-state index < -0.39 is 52.3 Å². The van der Waals surface area contributed by atoms with Crippen LogP contribution in [0.1, 0.15) is 37.3 Å². The van der Waals surface area contributed by atoms with E-state index in [0.29, 0.717) is 23.3 Å². The second-order valence-electron chi connectivity index (χ2n) is 10.4. The largest absolute Gasteiger partial charge is 0.432 e. The van der Waals surface area contributed by atoms with Crippen LogP contribution in [-0.2, 0) is 12.5 Å². The van der Waals surface area contributed by atoms with Gasteiger partial charge in [-0.3, -0.25) is 4.98 Å². The van der Waals surface area contributed by atoms with Crippen LogP contribution < -0.4 is 4.74 Å². The summed E-state index contributed by atoms with van der Waals surface area (Å²) in [4.78, 5) is 4.54. The van der Waals surface area contributed by atoms with Crippen LogP contribution in [0.4, 0.5) is 35.1 Å². The molecule has 1 aromatic heterocycles. The van der Waals surface area contributed by atoms with Crippen LogP contribution in [0.5, 0.6) is 5.75 Å². The van der Waals surface area contributed by atoms with Gasteiger partial charge in [0.05, 0.1) is 5.69 Å². The van der Waals surface area contributed by atoms with Gasteiger partial charge in [0.25, 0.3) is 0 Å². The molecule has 0 atom stereocenters. The van der Waals surface area contributed by atoms with Crippen LogP contribution in [0.15, 0.2) is 85.1 Å². The monoisotopic (exact) mass is 627 g/mol. The van der Waals surface area contributed by atoms with Crippen molar-refractivity contribution in [3.8, 4) is 39.3 Å². The molecule has 0 saturated carbocycles. The number of hydrogen-bond donors (Lipinski definition) is 0. The molecule has 5 rings (SSSR count). The van der Waals surface area contributed by atoms with Gasteiger partial charge in [0.1, 0.15) is 28.8 Å². The molecule has 0 saturated heterocycles. The maximum atomic E-state index is 15.2. The molecule has 0 aliphatic heterocycles. The minimum absolute atomic E-state index is 0.102. The zero-order chi connectivity index (χ0) is 32.3. The van der Waals surface area contributed by atoms with Crippen LogP contribution in [0.25, 0.3) is 33.5 Å². The van der Waals surface area contributed by atoms with Gasteiger partial charge in [-0.15, -0.1) is 0 Å². The van der Waals surface area contributed by atoms with Gasteiger partial charge in [-0.2, -0.15) is 8.78 Å². The van der Waals surface area contributed by atoms with Crippen molar-refractivity contribution < 1.29 is 39.9 Å². The van der Waals surface area contributed by atoms with Crippen molar-refractivity contribution in [2.45, 2.75) is 38.7 Å². The number of nitrogens with zero attached hydrogens (tertiary/aromatic N) is 1. The molecule has 0 spiro atoms. The van der Waals surface area contributed by atoms with E-state index in [-0.39, 0.29) is 23.3 Å². The second-order valence-corrected chi connectivity index (χ2v) is 10.4. The SMILES string of the molecule is CCCCCc1ccc(-c2ccc(-c3ccc(-c4cc(F)c(C(F)(F)Oc5cc(F)c(F)c(F)c5)c(F)c4)c(F)c3)cc2)nc1. The van der Waals surface area contributed by atoms with Crippen molar-refractivity contribution in [2.24, 2.45) is 0 Å². The van der Waals surface area contributed by atoms with E-state index in [0.717, 1.165) is 48.6 Å². The fourth-order valence-electron chi connectivity index (χ4n) is 4.88. The van der Waals surface area contributed by atoms with E-state index in [4.69, 9.17) is 0 Å². The first kappa shape index (κ1) is 31.7. The fourth-order valence-corrected chi connectivity index (χ4v) is 4.88. The number of aromatic nitrogens is 1. The first-order chi connectivity index (χ1) is 21.5. The summed E-state index contributed by atoms with van der Waals surface area (Å²) in [6.07, 6.45) is 1.47. The summed E-state index contributed by atoms with van der Waals surface area (Å²) in [5, 5.41) is 0. The first-order valence-electron chi connectivity index (χ1n) is 14.0. The molecule has 0 fully saturated rings. The average Bonchev–Trinajstić information content (AvgIpc) is 2.99. The summed E-state index contributed by atoms with van der Waals surface area (Å²) in [6.45, 7) is 2.15. The van der Waals surface area contributed by atoms with Crippen molar-refractivity contribution in [1.82, 2.24) is 4.98 Å². The molecule has 0 unspecified atom stereocenters. The summed E-state index contributed by atoms with van der Waals surface area (Å²) in [6, 6.07) is 16.3. The minimum atomic E-state index is -4.76. The van der Waals surface area contributed by atoms with Gasteiger partial charge in [0.15, 0.2) is 17.5 Å². The van der Waals surface area contributed by atoms with Gasteiger partial charge < -0.3 is 4.74 Å². The smallest absolute Gasteiger partial charge is 0.429 e. The Bertz CT molecular complexity index is 1780. The van der Waals surface area contributed by atoms with Crippen LogP contribution >= 0.6 is 0 Å². The van der Waals surface area contributed by atoms with Crippen LogP contribution in [0.3, 0.4) is 0 Å². The molecule has 0 radical (unpaired) electrons. The summed E-state index contributed by atoms with van der Waals surface area (Å²) in [5.41, 5.74) is 1.38. The highest BCUT2D eigenvalue weighted by Crippen LogP contribution is 2.38. The van der Waals surface area contributed by atoms with Gasteiger partial charge in [-0.05, 0) is 59.4 Å². The standard InChI is InChI=1S/C35H25F8NO/c1-2-3-4-5-20-6-13-32(44-19-20)22-9-7-21(8-10-22)23-11-12-26(27(36)14-23)24-15-28(37)33(29(38)16-24)35(42,43)45-25-17-30(39)34(41)31(40)18-25/h6-19H,2-5H2,1H3. The molecule has 1 heterocycles. The normalized spacial score (nSPS) is 11.6. The average molecular weight is 628 g/mol. The lowest BCUT2D eigenvalue weighted by atomic mass is 9.97. The van der Waals surface area contributed by atoms with Crippen LogP contribution in [0, 0.1) is 34.9 Å². The topological polar surface area (TPSA) is 22.1 Å². The summed E-state index contributed by atoms with van der Waals surface area (Å²) >= 11 is 0. The number of hydrogen-bond acceptors (Lipinski definition) is 2. The lowest BCUT2D eigenvalue weighted by molar-refractivity contribution is -0.189. The lowest BCUT2D eigenvalue weighted by Gasteiger charge is -2.20. The highest BCUT2D eigenvalue weighted by Gasteiger charge is 2.41. The van der Waals surface area contributed by atoms with Gasteiger partial charge in [0.2, 0.25) is 0 Å². The number of ether oxygens (including phenoxy) is 1. The van der Waals surface area contributed by atoms with Gasteiger partial charge in [-0.1, -0.05) is 62.2 Å². The molecule has 5 aromatic rings. The third-order valence-electron chi connectivity index (χ3n) is 7.22. The van der Waals surface area contributed by atoms with Crippen molar-refractivity contribution in [3.05, 3.63) is 131 Å². The quantitative estimate of drug-likeness (QED) is 0.0873. The molecule has 0 bridgehead atoms. The molecular weight excluding hydrogens is 602 g/mol. The number of benzene rings is 4. The number of rotatable bonds is 10. The summed E-state index contributed by atoms with van der Waals surface area (Å²) < 4.78 is 118. The molecule has 45 heavy (non-hydrogen) atoms. The van der Waals surface area contributed by atoms with Gasteiger partial charge >= 0.3 is 6.11 Å². The minimum Gasteiger partial charge on any atom is -0.429 e. The number of aryl methyl sites for hydroxylation is 1. The number of halogens is 8. The van der Waals surface area contributed by atoms with E-state index in [1.54, 1.807) is 12.1 Å². The van der Waals surface area contributed by atoms with E-state index in [1.807, 2.05) is 30.5 Å². The molecule has 4 aromatic carbocycles. The van der Waals surface area contributed by atoms with Crippen molar-refractivity contribution >= 4 is 0 Å². The number of alkyl halides is 2. The Morgan fingerprint density at radius 3 is 1.80 bits per heavy atom.